The van der Waals surface area contributed by atoms with Crippen molar-refractivity contribution in [3.05, 3.63) is 108 Å². The third kappa shape index (κ3) is 3.85. The van der Waals surface area contributed by atoms with E-state index in [9.17, 15) is 29.7 Å². The van der Waals surface area contributed by atoms with Crippen LogP contribution in [0.3, 0.4) is 0 Å². The van der Waals surface area contributed by atoms with Gasteiger partial charge in [0.25, 0.3) is 0 Å². The number of benzene rings is 4. The Labute approximate surface area is 189 Å². The summed E-state index contributed by atoms with van der Waals surface area (Å²) in [4.78, 5) is 37.7. The molecule has 0 unspecified atom stereocenters. The zero-order chi connectivity index (χ0) is 23.5. The molecule has 33 heavy (non-hydrogen) atoms. The largest absolute Gasteiger partial charge is 0.478 e. The highest BCUT2D eigenvalue weighted by Crippen LogP contribution is 2.45. The van der Waals surface area contributed by atoms with Gasteiger partial charge in [0.05, 0.1) is 16.7 Å². The van der Waals surface area contributed by atoms with Gasteiger partial charge in [-0.3, -0.25) is 0 Å². The number of aromatic carboxylic acids is 3. The number of carboxylic acid groups (broad SMARTS) is 3. The maximum Gasteiger partial charge on any atom is 0.337 e. The van der Waals surface area contributed by atoms with Gasteiger partial charge in [0.1, 0.15) is 0 Å². The average molecular weight is 438 g/mol. The van der Waals surface area contributed by atoms with E-state index >= 15 is 0 Å². The van der Waals surface area contributed by atoms with E-state index in [0.717, 1.165) is 0 Å². The SMILES string of the molecule is O=C(O)c1c(C(=O)O)c(-c2ccccc2)c(-c2ccccc2)c(C(=O)O)c1-c1ccccc1. The first kappa shape index (κ1) is 21.5. The number of carbonyl (C=O) groups is 3. The lowest BCUT2D eigenvalue weighted by molar-refractivity contribution is 0.0651. The van der Waals surface area contributed by atoms with Gasteiger partial charge < -0.3 is 15.3 Å². The molecule has 0 fully saturated rings. The topological polar surface area (TPSA) is 112 Å². The fourth-order valence-corrected chi connectivity index (χ4v) is 4.07. The van der Waals surface area contributed by atoms with E-state index in [2.05, 4.69) is 0 Å². The van der Waals surface area contributed by atoms with Crippen molar-refractivity contribution in [2.45, 2.75) is 0 Å². The molecule has 6 nitrogen and oxygen atoms in total. The summed E-state index contributed by atoms with van der Waals surface area (Å²) < 4.78 is 0. The van der Waals surface area contributed by atoms with Gasteiger partial charge >= 0.3 is 17.9 Å². The van der Waals surface area contributed by atoms with E-state index in [1.54, 1.807) is 91.0 Å². The molecular weight excluding hydrogens is 420 g/mol. The zero-order valence-electron chi connectivity index (χ0n) is 17.2. The predicted octanol–water partition coefficient (Wildman–Crippen LogP) is 5.78. The molecule has 0 aromatic heterocycles. The summed E-state index contributed by atoms with van der Waals surface area (Å²) in [6.07, 6.45) is 0. The van der Waals surface area contributed by atoms with Crippen molar-refractivity contribution in [1.82, 2.24) is 0 Å². The Morgan fingerprint density at radius 2 is 0.667 bits per heavy atom. The van der Waals surface area contributed by atoms with E-state index in [4.69, 9.17) is 0 Å². The Balaban J connectivity index is 2.36. The minimum atomic E-state index is -1.52. The van der Waals surface area contributed by atoms with Gasteiger partial charge in [-0.05, 0) is 16.7 Å². The van der Waals surface area contributed by atoms with Gasteiger partial charge in [0.15, 0.2) is 0 Å². The number of carboxylic acids is 3. The van der Waals surface area contributed by atoms with Gasteiger partial charge in [-0.15, -0.1) is 0 Å². The van der Waals surface area contributed by atoms with Crippen LogP contribution in [-0.4, -0.2) is 33.2 Å². The van der Waals surface area contributed by atoms with Crippen LogP contribution in [0.25, 0.3) is 33.4 Å². The van der Waals surface area contributed by atoms with Crippen molar-refractivity contribution in [1.29, 1.82) is 0 Å². The van der Waals surface area contributed by atoms with Crippen LogP contribution in [0.4, 0.5) is 0 Å². The molecule has 0 saturated heterocycles. The highest BCUT2D eigenvalue weighted by Gasteiger charge is 2.34. The minimum absolute atomic E-state index is 0.0452. The van der Waals surface area contributed by atoms with Crippen molar-refractivity contribution >= 4 is 17.9 Å². The van der Waals surface area contributed by atoms with Crippen LogP contribution >= 0.6 is 0 Å². The molecule has 3 N–H and O–H groups in total. The van der Waals surface area contributed by atoms with Gasteiger partial charge in [-0.2, -0.15) is 0 Å². The summed E-state index contributed by atoms with van der Waals surface area (Å²) >= 11 is 0. The normalized spacial score (nSPS) is 10.5. The maximum atomic E-state index is 12.7. The molecular formula is C27H18O6. The summed E-state index contributed by atoms with van der Waals surface area (Å²) in [7, 11) is 0. The van der Waals surface area contributed by atoms with Crippen molar-refractivity contribution in [3.63, 3.8) is 0 Å². The van der Waals surface area contributed by atoms with Gasteiger partial charge in [0, 0.05) is 16.7 Å². The molecule has 0 bridgehead atoms. The number of hydrogen-bond acceptors (Lipinski definition) is 3. The van der Waals surface area contributed by atoms with Crippen molar-refractivity contribution in [3.8, 4) is 33.4 Å². The van der Waals surface area contributed by atoms with Crippen LogP contribution in [0.5, 0.6) is 0 Å². The Morgan fingerprint density at radius 1 is 0.394 bits per heavy atom. The molecule has 0 aliphatic carbocycles. The quantitative estimate of drug-likeness (QED) is 0.352. The van der Waals surface area contributed by atoms with Gasteiger partial charge in [0.2, 0.25) is 0 Å². The van der Waals surface area contributed by atoms with E-state index < -0.39 is 29.0 Å². The molecule has 6 heteroatoms. The standard InChI is InChI=1S/C27H18O6/c28-25(29)22-19(16-10-4-1-5-11-16)20(17-12-6-2-7-13-17)23(26(30)31)24(27(32)33)21(22)18-14-8-3-9-15-18/h1-15H,(H,28,29)(H,30,31)(H,32,33). The molecule has 0 spiro atoms. The summed E-state index contributed by atoms with van der Waals surface area (Å²) in [6, 6.07) is 25.0. The molecule has 0 aliphatic heterocycles. The van der Waals surface area contributed by atoms with Crippen LogP contribution in [0.2, 0.25) is 0 Å². The smallest absolute Gasteiger partial charge is 0.337 e. The summed E-state index contributed by atoms with van der Waals surface area (Å²) in [5.74, 6) is -4.34. The maximum absolute atomic E-state index is 12.7. The fraction of sp³-hybridized carbons (Fsp3) is 0. The first-order chi connectivity index (χ1) is 15.9. The van der Waals surface area contributed by atoms with Crippen LogP contribution < -0.4 is 0 Å². The Kier molecular flexibility index (Phi) is 5.74. The fourth-order valence-electron chi connectivity index (χ4n) is 4.07. The van der Waals surface area contributed by atoms with Crippen LogP contribution in [0.1, 0.15) is 31.1 Å². The molecule has 0 radical (unpaired) electrons. The molecule has 162 valence electrons. The second-order valence-corrected chi connectivity index (χ2v) is 7.26. The minimum Gasteiger partial charge on any atom is -0.478 e. The molecule has 4 rings (SSSR count). The summed E-state index contributed by atoms with van der Waals surface area (Å²) in [5, 5.41) is 30.7. The highest BCUT2D eigenvalue weighted by atomic mass is 16.4. The molecule has 0 atom stereocenters. The summed E-state index contributed by atoms with van der Waals surface area (Å²) in [6.45, 7) is 0. The number of hydrogen-bond donors (Lipinski definition) is 3. The molecule has 0 heterocycles. The monoisotopic (exact) mass is 438 g/mol. The van der Waals surface area contributed by atoms with Crippen molar-refractivity contribution in [2.24, 2.45) is 0 Å². The second-order valence-electron chi connectivity index (χ2n) is 7.26. The molecule has 0 saturated carbocycles. The Hall–Kier alpha value is -4.71. The van der Waals surface area contributed by atoms with E-state index in [1.807, 2.05) is 0 Å². The van der Waals surface area contributed by atoms with E-state index in [-0.39, 0.29) is 22.3 Å². The van der Waals surface area contributed by atoms with Gasteiger partial charge in [-0.1, -0.05) is 91.0 Å². The van der Waals surface area contributed by atoms with Crippen LogP contribution in [0, 0.1) is 0 Å². The van der Waals surface area contributed by atoms with Crippen molar-refractivity contribution < 1.29 is 29.7 Å². The van der Waals surface area contributed by atoms with Gasteiger partial charge in [-0.25, -0.2) is 14.4 Å². The lowest BCUT2D eigenvalue weighted by Crippen LogP contribution is -2.17. The van der Waals surface area contributed by atoms with E-state index in [1.165, 1.54) is 0 Å². The second kappa shape index (κ2) is 8.80. The lowest BCUT2D eigenvalue weighted by Gasteiger charge is -2.23. The Morgan fingerprint density at radius 3 is 1.00 bits per heavy atom. The van der Waals surface area contributed by atoms with Crippen molar-refractivity contribution in [2.75, 3.05) is 0 Å². The molecule has 0 amide bonds. The van der Waals surface area contributed by atoms with E-state index in [0.29, 0.717) is 16.7 Å². The first-order valence-electron chi connectivity index (χ1n) is 10.0. The Bertz CT molecular complexity index is 1360. The molecule has 4 aromatic carbocycles. The third-order valence-corrected chi connectivity index (χ3v) is 5.33. The summed E-state index contributed by atoms with van der Waals surface area (Å²) in [5.41, 5.74) is -0.0871. The third-order valence-electron chi connectivity index (χ3n) is 5.33. The highest BCUT2D eigenvalue weighted by molar-refractivity contribution is 6.19. The predicted molar refractivity (Wildman–Crippen MR) is 124 cm³/mol. The van der Waals surface area contributed by atoms with Crippen LogP contribution in [0.15, 0.2) is 91.0 Å². The van der Waals surface area contributed by atoms with Crippen LogP contribution in [-0.2, 0) is 0 Å². The molecule has 4 aromatic rings. The average Bonchev–Trinajstić information content (AvgIpc) is 2.83. The number of rotatable bonds is 6. The zero-order valence-corrected chi connectivity index (χ0v) is 17.2. The first-order valence-corrected chi connectivity index (χ1v) is 10.0. The molecule has 0 aliphatic rings. The lowest BCUT2D eigenvalue weighted by atomic mass is 9.79.